The van der Waals surface area contributed by atoms with Gasteiger partial charge in [-0.15, -0.1) is 0 Å². The zero-order valence-corrected chi connectivity index (χ0v) is 18.9. The number of nitrogens with two attached hydrogens (primary N) is 1. The Hall–Kier alpha value is -1.38. The van der Waals surface area contributed by atoms with Crippen LogP contribution in [0.1, 0.15) is 25.8 Å². The molecule has 1 rings (SSSR count). The molecule has 5 N–H and O–H groups in total. The van der Waals surface area contributed by atoms with Crippen LogP contribution in [0.2, 0.25) is 0 Å². The number of hydrogen-bond donors (Lipinski definition) is 4. The number of carboxylic acid groups (broad SMARTS) is 1. The molecule has 0 aromatic heterocycles. The van der Waals surface area contributed by atoms with Gasteiger partial charge < -0.3 is 0 Å². The molecule has 0 spiro atoms. The van der Waals surface area contributed by atoms with Crippen LogP contribution in [0.3, 0.4) is 0 Å². The fourth-order valence-electron chi connectivity index (χ4n) is 2.38. The van der Waals surface area contributed by atoms with Crippen molar-refractivity contribution in [2.45, 2.75) is 44.8 Å². The fourth-order valence-corrected chi connectivity index (χ4v) is 4.81. The van der Waals surface area contributed by atoms with E-state index in [0.29, 0.717) is 18.6 Å². The second kappa shape index (κ2) is 13.0. The maximum atomic E-state index is 12.6. The molecule has 1 amide bonds. The summed E-state index contributed by atoms with van der Waals surface area (Å²) >= 11 is 0.796. The molecule has 0 fully saturated rings. The third-order valence-electron chi connectivity index (χ3n) is 4.06. The average molecular weight is 474 g/mol. The molecule has 156 valence electrons. The van der Waals surface area contributed by atoms with E-state index in [-0.39, 0.29) is 16.5 Å². The van der Waals surface area contributed by atoms with Gasteiger partial charge in [-0.1, -0.05) is 0 Å². The van der Waals surface area contributed by atoms with Gasteiger partial charge in [-0.05, 0) is 0 Å². The number of benzene rings is 1. The first-order valence-corrected chi connectivity index (χ1v) is 12.1. The van der Waals surface area contributed by atoms with E-state index in [4.69, 9.17) is 5.73 Å². The van der Waals surface area contributed by atoms with Crippen molar-refractivity contribution in [2.75, 3.05) is 12.0 Å². The van der Waals surface area contributed by atoms with Crippen LogP contribution in [-0.4, -0.2) is 67.0 Å². The number of carbonyl (C=O) groups excluding carboxylic acids is 2. The number of amides is 1. The fraction of sp³-hybridized carbons (Fsp3) is 0.526. The second-order valence-electron chi connectivity index (χ2n) is 6.74. The average Bonchev–Trinajstić information content (AvgIpc) is 2.65. The number of rotatable bonds is 13. The van der Waals surface area contributed by atoms with Crippen LogP contribution in [0.15, 0.2) is 30.3 Å². The molecule has 0 saturated carbocycles. The molecule has 1 aromatic carbocycles. The van der Waals surface area contributed by atoms with E-state index in [1.54, 1.807) is 11.8 Å². The molecule has 7 nitrogen and oxygen atoms in total. The van der Waals surface area contributed by atoms with Crippen molar-refractivity contribution >= 4 is 43.5 Å². The van der Waals surface area contributed by atoms with Crippen LogP contribution < -0.4 is 15.4 Å². The number of hydrogen-bond acceptors (Lipinski definition) is 6. The number of aliphatic carboxylic acids is 1. The molecule has 0 heterocycles. The van der Waals surface area contributed by atoms with Crippen molar-refractivity contribution in [3.8, 4) is 0 Å². The Morgan fingerprint density at radius 1 is 1.21 bits per heavy atom. The van der Waals surface area contributed by atoms with Gasteiger partial charge in [-0.3, -0.25) is 0 Å². The molecule has 3 atom stereocenters. The molecule has 1 aromatic rings. The SMILES string of the molecule is CSCC[C@H](N[Se]C(=O)[C@@H](NC(=O)[C@@H](N)Cc1ccccc1)C(C)C)C(=O)O. The third-order valence-corrected chi connectivity index (χ3v) is 6.51. The molecule has 0 radical (unpaired) electrons. The third kappa shape index (κ3) is 8.75. The number of thioether (sulfide) groups is 1. The van der Waals surface area contributed by atoms with Gasteiger partial charge in [0.1, 0.15) is 0 Å². The number of carbonyl (C=O) groups is 3. The zero-order valence-electron chi connectivity index (χ0n) is 16.4. The van der Waals surface area contributed by atoms with Gasteiger partial charge in [0.25, 0.3) is 0 Å². The zero-order chi connectivity index (χ0) is 21.1. The second-order valence-corrected chi connectivity index (χ2v) is 9.49. The summed E-state index contributed by atoms with van der Waals surface area (Å²) in [4.78, 5) is 36.4. The Morgan fingerprint density at radius 2 is 1.86 bits per heavy atom. The summed E-state index contributed by atoms with van der Waals surface area (Å²) in [6.07, 6.45) is 2.72. The first-order valence-electron chi connectivity index (χ1n) is 9.04. The van der Waals surface area contributed by atoms with E-state index >= 15 is 0 Å². The predicted octanol–water partition coefficient (Wildman–Crippen LogP) is 0.639. The van der Waals surface area contributed by atoms with Gasteiger partial charge in [-0.2, -0.15) is 0 Å². The van der Waals surface area contributed by atoms with Gasteiger partial charge in [0.2, 0.25) is 0 Å². The van der Waals surface area contributed by atoms with Crippen LogP contribution in [-0.2, 0) is 20.8 Å². The molecule has 0 aliphatic carbocycles. The Morgan fingerprint density at radius 3 is 2.39 bits per heavy atom. The summed E-state index contributed by atoms with van der Waals surface area (Å²) in [6, 6.07) is 7.22. The molecule has 0 unspecified atom stereocenters. The molecule has 0 bridgehead atoms. The molecule has 9 heteroatoms. The first-order chi connectivity index (χ1) is 13.3. The van der Waals surface area contributed by atoms with Crippen molar-refractivity contribution < 1.29 is 19.5 Å². The standard InChI is InChI=1S/C19H29N3O4SSe/c1-12(2)16(19(26)28-22-15(18(24)25)9-10-27-3)21-17(23)14(20)11-13-7-5-4-6-8-13/h4-8,12,14-16,22H,9-11,20H2,1-3H3,(H,21,23)(H,24,25)/t14-,15-,16-/m0/s1. The van der Waals surface area contributed by atoms with E-state index in [2.05, 4.69) is 9.65 Å². The minimum atomic E-state index is -0.973. The maximum absolute atomic E-state index is 12.6. The van der Waals surface area contributed by atoms with E-state index in [0.717, 1.165) is 5.56 Å². The van der Waals surface area contributed by atoms with E-state index in [1.807, 2.05) is 50.4 Å². The normalized spacial score (nSPS) is 14.3. The minimum absolute atomic E-state index is 0.126. The summed E-state index contributed by atoms with van der Waals surface area (Å²) in [5, 5.41) is 12.0. The number of nitrogens with one attached hydrogen (secondary N) is 2. The topological polar surface area (TPSA) is 122 Å². The van der Waals surface area contributed by atoms with Gasteiger partial charge in [0.05, 0.1) is 0 Å². The van der Waals surface area contributed by atoms with Crippen LogP contribution in [0.25, 0.3) is 0 Å². The molecule has 0 saturated heterocycles. The van der Waals surface area contributed by atoms with Crippen molar-refractivity contribution in [2.24, 2.45) is 11.7 Å². The van der Waals surface area contributed by atoms with E-state index < -0.39 is 39.3 Å². The van der Waals surface area contributed by atoms with Crippen LogP contribution in [0.5, 0.6) is 0 Å². The van der Waals surface area contributed by atoms with Gasteiger partial charge in [-0.25, -0.2) is 0 Å². The van der Waals surface area contributed by atoms with Gasteiger partial charge >= 0.3 is 177 Å². The van der Waals surface area contributed by atoms with Crippen molar-refractivity contribution in [3.05, 3.63) is 35.9 Å². The molecular formula is C19H29N3O4SSe. The first kappa shape index (κ1) is 24.7. The summed E-state index contributed by atoms with van der Waals surface area (Å²) < 4.78 is 2.65. The van der Waals surface area contributed by atoms with Gasteiger partial charge in [0, 0.05) is 0 Å². The van der Waals surface area contributed by atoms with Crippen molar-refractivity contribution in [1.82, 2.24) is 9.65 Å². The summed E-state index contributed by atoms with van der Waals surface area (Å²) in [5.74, 6) is -0.798. The van der Waals surface area contributed by atoms with Crippen LogP contribution >= 0.6 is 11.8 Å². The molecule has 0 aliphatic rings. The van der Waals surface area contributed by atoms with E-state index in [1.165, 1.54) is 0 Å². The van der Waals surface area contributed by atoms with Crippen molar-refractivity contribution in [3.63, 3.8) is 0 Å². The Balaban J connectivity index is 2.63. The van der Waals surface area contributed by atoms with Crippen LogP contribution in [0.4, 0.5) is 0 Å². The quantitative estimate of drug-likeness (QED) is 0.310. The monoisotopic (exact) mass is 475 g/mol. The van der Waals surface area contributed by atoms with Crippen LogP contribution in [0, 0.1) is 5.92 Å². The molecule has 28 heavy (non-hydrogen) atoms. The Kier molecular flexibility index (Phi) is 11.4. The number of carboxylic acids is 1. The summed E-state index contributed by atoms with van der Waals surface area (Å²) in [7, 11) is 0. The predicted molar refractivity (Wildman–Crippen MR) is 113 cm³/mol. The van der Waals surface area contributed by atoms with Gasteiger partial charge in [0.15, 0.2) is 0 Å². The Labute approximate surface area is 177 Å². The van der Waals surface area contributed by atoms with Crippen molar-refractivity contribution in [1.29, 1.82) is 0 Å². The Bertz CT molecular complexity index is 645. The summed E-state index contributed by atoms with van der Waals surface area (Å²) in [6.45, 7) is 3.67. The van der Waals surface area contributed by atoms with E-state index in [9.17, 15) is 19.5 Å². The summed E-state index contributed by atoms with van der Waals surface area (Å²) in [5.41, 5.74) is 6.95. The molecule has 0 aliphatic heterocycles. The molecular weight excluding hydrogens is 445 g/mol.